The zero-order chi connectivity index (χ0) is 20.5. The molecule has 3 nitrogen and oxygen atoms in total. The first kappa shape index (κ1) is 19.0. The van der Waals surface area contributed by atoms with E-state index in [1.165, 1.54) is 6.92 Å². The van der Waals surface area contributed by atoms with Crippen molar-refractivity contribution in [3.05, 3.63) is 77.9 Å². The Morgan fingerprint density at radius 1 is 0.931 bits per heavy atom. The largest absolute Gasteiger partial charge is 0.455 e. The standard InChI is InChI=1S/C26H25NO2/c1-16(2)22-21(27-18(4)28)15-17(3)23-24(19-11-7-5-8-12-19)25(29-26(22)23)20-13-9-6-10-14-20/h5-16H,1-4H3,(H,27,28). The zero-order valence-corrected chi connectivity index (χ0v) is 17.2. The van der Waals surface area contributed by atoms with Gasteiger partial charge in [0.2, 0.25) is 5.91 Å². The minimum Gasteiger partial charge on any atom is -0.455 e. The van der Waals surface area contributed by atoms with Gasteiger partial charge in [-0.15, -0.1) is 0 Å². The molecule has 1 amide bonds. The van der Waals surface area contributed by atoms with Crippen LogP contribution in [0.1, 0.15) is 37.8 Å². The zero-order valence-electron chi connectivity index (χ0n) is 17.2. The van der Waals surface area contributed by atoms with Gasteiger partial charge >= 0.3 is 0 Å². The Balaban J connectivity index is 2.14. The first-order chi connectivity index (χ1) is 14.0. The van der Waals surface area contributed by atoms with Crippen molar-refractivity contribution < 1.29 is 9.21 Å². The highest BCUT2D eigenvalue weighted by Crippen LogP contribution is 2.46. The second-order valence-corrected chi connectivity index (χ2v) is 7.73. The number of hydrogen-bond acceptors (Lipinski definition) is 2. The van der Waals surface area contributed by atoms with Gasteiger partial charge in [0, 0.05) is 34.7 Å². The van der Waals surface area contributed by atoms with Crippen molar-refractivity contribution in [1.82, 2.24) is 0 Å². The summed E-state index contributed by atoms with van der Waals surface area (Å²) in [4.78, 5) is 11.8. The topological polar surface area (TPSA) is 42.2 Å². The normalized spacial score (nSPS) is 11.2. The van der Waals surface area contributed by atoms with E-state index < -0.39 is 0 Å². The van der Waals surface area contributed by atoms with Crippen molar-refractivity contribution in [3.8, 4) is 22.5 Å². The monoisotopic (exact) mass is 383 g/mol. The summed E-state index contributed by atoms with van der Waals surface area (Å²) >= 11 is 0. The van der Waals surface area contributed by atoms with Crippen LogP contribution < -0.4 is 5.32 Å². The maximum atomic E-state index is 11.8. The molecule has 29 heavy (non-hydrogen) atoms. The molecule has 0 aliphatic heterocycles. The van der Waals surface area contributed by atoms with E-state index in [4.69, 9.17) is 4.42 Å². The predicted molar refractivity (Wildman–Crippen MR) is 120 cm³/mol. The molecule has 0 spiro atoms. The van der Waals surface area contributed by atoms with Crippen molar-refractivity contribution >= 4 is 22.6 Å². The number of carbonyl (C=O) groups excluding carboxylic acids is 1. The molecule has 4 aromatic rings. The smallest absolute Gasteiger partial charge is 0.221 e. The summed E-state index contributed by atoms with van der Waals surface area (Å²) in [6.45, 7) is 7.87. The Morgan fingerprint density at radius 2 is 1.52 bits per heavy atom. The number of furan rings is 1. The number of benzene rings is 3. The molecule has 0 aliphatic rings. The van der Waals surface area contributed by atoms with Gasteiger partial charge in [-0.25, -0.2) is 0 Å². The van der Waals surface area contributed by atoms with E-state index in [1.807, 2.05) is 36.4 Å². The Kier molecular flexibility index (Phi) is 4.98. The highest BCUT2D eigenvalue weighted by atomic mass is 16.3. The molecular formula is C26H25NO2. The van der Waals surface area contributed by atoms with Gasteiger partial charge in [0.15, 0.2) is 0 Å². The lowest BCUT2D eigenvalue weighted by molar-refractivity contribution is -0.114. The van der Waals surface area contributed by atoms with Gasteiger partial charge in [-0.3, -0.25) is 4.79 Å². The highest BCUT2D eigenvalue weighted by molar-refractivity contribution is 6.07. The van der Waals surface area contributed by atoms with Crippen LogP contribution >= 0.6 is 0 Å². The van der Waals surface area contributed by atoms with Crippen LogP contribution in [0.2, 0.25) is 0 Å². The Bertz CT molecular complexity index is 1170. The van der Waals surface area contributed by atoms with Crippen molar-refractivity contribution in [3.63, 3.8) is 0 Å². The molecular weight excluding hydrogens is 358 g/mol. The predicted octanol–water partition coefficient (Wildman–Crippen LogP) is 7.16. The summed E-state index contributed by atoms with van der Waals surface area (Å²) in [6, 6.07) is 22.6. The lowest BCUT2D eigenvalue weighted by Crippen LogP contribution is -2.09. The van der Waals surface area contributed by atoms with Crippen molar-refractivity contribution in [2.24, 2.45) is 0 Å². The minimum absolute atomic E-state index is 0.0798. The summed E-state index contributed by atoms with van der Waals surface area (Å²) in [5.74, 6) is 0.971. The Hall–Kier alpha value is -3.33. The van der Waals surface area contributed by atoms with Gasteiger partial charge in [-0.05, 0) is 30.0 Å². The molecule has 146 valence electrons. The molecule has 0 bridgehead atoms. The molecule has 3 heteroatoms. The number of hydrogen-bond donors (Lipinski definition) is 1. The molecule has 4 rings (SSSR count). The van der Waals surface area contributed by atoms with Crippen LogP contribution in [0.25, 0.3) is 33.4 Å². The first-order valence-corrected chi connectivity index (χ1v) is 9.95. The van der Waals surface area contributed by atoms with Gasteiger partial charge in [0.05, 0.1) is 0 Å². The molecule has 0 fully saturated rings. The maximum absolute atomic E-state index is 11.8. The maximum Gasteiger partial charge on any atom is 0.221 e. The fraction of sp³-hybridized carbons (Fsp3) is 0.192. The number of fused-ring (bicyclic) bond motifs is 1. The van der Waals surface area contributed by atoms with Crippen LogP contribution in [0.15, 0.2) is 71.1 Å². The van der Waals surface area contributed by atoms with Gasteiger partial charge in [0.25, 0.3) is 0 Å². The van der Waals surface area contributed by atoms with E-state index in [0.29, 0.717) is 0 Å². The molecule has 0 saturated carbocycles. The van der Waals surface area contributed by atoms with Crippen LogP contribution in [-0.2, 0) is 4.79 Å². The van der Waals surface area contributed by atoms with Crippen molar-refractivity contribution in [2.75, 3.05) is 5.32 Å². The van der Waals surface area contributed by atoms with Crippen LogP contribution in [0.4, 0.5) is 5.69 Å². The molecule has 0 saturated heterocycles. The molecule has 0 atom stereocenters. The second-order valence-electron chi connectivity index (χ2n) is 7.73. The molecule has 3 aromatic carbocycles. The Labute approximate surface area is 171 Å². The molecule has 1 aromatic heterocycles. The number of aryl methyl sites for hydroxylation is 1. The molecule has 1 N–H and O–H groups in total. The van der Waals surface area contributed by atoms with Gasteiger partial charge in [-0.2, -0.15) is 0 Å². The summed E-state index contributed by atoms with van der Waals surface area (Å²) in [7, 11) is 0. The third-order valence-corrected chi connectivity index (χ3v) is 5.18. The van der Waals surface area contributed by atoms with E-state index in [0.717, 1.165) is 50.2 Å². The minimum atomic E-state index is -0.0798. The second kappa shape index (κ2) is 7.59. The third-order valence-electron chi connectivity index (χ3n) is 5.18. The van der Waals surface area contributed by atoms with Crippen molar-refractivity contribution in [2.45, 2.75) is 33.6 Å². The van der Waals surface area contributed by atoms with Crippen LogP contribution in [-0.4, -0.2) is 5.91 Å². The van der Waals surface area contributed by atoms with Crippen LogP contribution in [0, 0.1) is 6.92 Å². The van der Waals surface area contributed by atoms with Gasteiger partial charge < -0.3 is 9.73 Å². The first-order valence-electron chi connectivity index (χ1n) is 9.95. The average Bonchev–Trinajstić information content (AvgIpc) is 3.09. The lowest BCUT2D eigenvalue weighted by Gasteiger charge is -2.15. The number of amides is 1. The van der Waals surface area contributed by atoms with E-state index in [2.05, 4.69) is 56.4 Å². The average molecular weight is 383 g/mol. The van der Waals surface area contributed by atoms with Gasteiger partial charge in [0.1, 0.15) is 11.3 Å². The number of nitrogens with one attached hydrogen (secondary N) is 1. The SMILES string of the molecule is CC(=O)Nc1cc(C)c2c(-c3ccccc3)c(-c3ccccc3)oc2c1C(C)C. The lowest BCUT2D eigenvalue weighted by atomic mass is 9.91. The van der Waals surface area contributed by atoms with E-state index >= 15 is 0 Å². The van der Waals surface area contributed by atoms with E-state index in [-0.39, 0.29) is 11.8 Å². The Morgan fingerprint density at radius 3 is 2.07 bits per heavy atom. The van der Waals surface area contributed by atoms with Gasteiger partial charge in [-0.1, -0.05) is 74.5 Å². The summed E-state index contributed by atoms with van der Waals surface area (Å²) in [6.07, 6.45) is 0. The third kappa shape index (κ3) is 3.44. The highest BCUT2D eigenvalue weighted by Gasteiger charge is 2.24. The number of anilines is 1. The summed E-state index contributed by atoms with van der Waals surface area (Å²) < 4.78 is 6.58. The molecule has 1 heterocycles. The van der Waals surface area contributed by atoms with Crippen LogP contribution in [0.5, 0.6) is 0 Å². The number of rotatable bonds is 4. The van der Waals surface area contributed by atoms with E-state index in [1.54, 1.807) is 0 Å². The molecule has 0 radical (unpaired) electrons. The van der Waals surface area contributed by atoms with E-state index in [9.17, 15) is 4.79 Å². The molecule has 0 unspecified atom stereocenters. The fourth-order valence-electron chi connectivity index (χ4n) is 4.03. The summed E-state index contributed by atoms with van der Waals surface area (Å²) in [5, 5.41) is 4.10. The quantitative estimate of drug-likeness (QED) is 0.406. The number of carbonyl (C=O) groups is 1. The summed E-state index contributed by atoms with van der Waals surface area (Å²) in [5.41, 5.74) is 7.04. The van der Waals surface area contributed by atoms with Crippen LogP contribution in [0.3, 0.4) is 0 Å². The molecule has 0 aliphatic carbocycles. The van der Waals surface area contributed by atoms with Crippen molar-refractivity contribution in [1.29, 1.82) is 0 Å². The fourth-order valence-corrected chi connectivity index (χ4v) is 4.03.